The third-order valence-corrected chi connectivity index (χ3v) is 3.96. The van der Waals surface area contributed by atoms with E-state index in [1.807, 2.05) is 30.3 Å². The van der Waals surface area contributed by atoms with Crippen molar-refractivity contribution in [3.05, 3.63) is 48.0 Å². The van der Waals surface area contributed by atoms with E-state index in [9.17, 15) is 0 Å². The van der Waals surface area contributed by atoms with Gasteiger partial charge in [-0.3, -0.25) is 0 Å². The summed E-state index contributed by atoms with van der Waals surface area (Å²) in [6.45, 7) is 6.67. The molecule has 1 atom stereocenters. The maximum absolute atomic E-state index is 5.92. The Morgan fingerprint density at radius 3 is 2.96 bits per heavy atom. The molecule has 0 radical (unpaired) electrons. The molecule has 2 aromatic rings. The number of benzene rings is 2. The molecule has 0 saturated heterocycles. The highest BCUT2D eigenvalue weighted by Gasteiger charge is 2.22. The van der Waals surface area contributed by atoms with Crippen LogP contribution in [0.15, 0.2) is 42.5 Å². The van der Waals surface area contributed by atoms with E-state index >= 15 is 0 Å². The van der Waals surface area contributed by atoms with Crippen LogP contribution in [0.1, 0.15) is 18.9 Å². The normalized spacial score (nSPS) is 16.6. The topological polar surface area (TPSA) is 47.7 Å². The van der Waals surface area contributed by atoms with Crippen LogP contribution >= 0.6 is 0 Å². The van der Waals surface area contributed by atoms with Crippen molar-refractivity contribution in [1.29, 1.82) is 0 Å². The van der Waals surface area contributed by atoms with E-state index in [0.29, 0.717) is 6.61 Å². The van der Waals surface area contributed by atoms with Gasteiger partial charge in [0.1, 0.15) is 17.6 Å². The molecule has 1 aliphatic heterocycles. The van der Waals surface area contributed by atoms with E-state index in [-0.39, 0.29) is 6.10 Å². The van der Waals surface area contributed by atoms with E-state index in [1.54, 1.807) is 0 Å². The number of aryl methyl sites for hydroxylation is 1. The van der Waals surface area contributed by atoms with Gasteiger partial charge in [-0.05, 0) is 56.2 Å². The predicted molar refractivity (Wildman–Crippen MR) is 94.4 cm³/mol. The van der Waals surface area contributed by atoms with Gasteiger partial charge in [-0.2, -0.15) is 0 Å². The van der Waals surface area contributed by atoms with Crippen LogP contribution in [0, 0.1) is 6.92 Å². The summed E-state index contributed by atoms with van der Waals surface area (Å²) in [5.41, 5.74) is 8.98. The first-order chi connectivity index (χ1) is 11.1. The molecule has 0 saturated carbocycles. The largest absolute Gasteiger partial charge is 0.494 e. The molecular weight excluding hydrogens is 288 g/mol. The number of nitrogen functional groups attached to an aromatic ring is 1. The first-order valence-corrected chi connectivity index (χ1v) is 8.12. The monoisotopic (exact) mass is 312 g/mol. The lowest BCUT2D eigenvalue weighted by molar-refractivity contribution is 0.211. The molecule has 2 N–H and O–H groups in total. The smallest absolute Gasteiger partial charge is 0.143 e. The minimum atomic E-state index is 0.184. The van der Waals surface area contributed by atoms with Crippen LogP contribution in [0.3, 0.4) is 0 Å². The first kappa shape index (κ1) is 15.5. The SMILES string of the molecule is Cc1cccc(OCCCN2CC(C)Oc3ccc(N)cc32)c1. The zero-order chi connectivity index (χ0) is 16.2. The average Bonchev–Trinajstić information content (AvgIpc) is 2.52. The highest BCUT2D eigenvalue weighted by molar-refractivity contribution is 5.66. The Morgan fingerprint density at radius 2 is 2.13 bits per heavy atom. The molecule has 0 bridgehead atoms. The van der Waals surface area contributed by atoms with Gasteiger partial charge in [-0.25, -0.2) is 0 Å². The molecule has 23 heavy (non-hydrogen) atoms. The number of nitrogens with zero attached hydrogens (tertiary/aromatic N) is 1. The quantitative estimate of drug-likeness (QED) is 0.676. The Kier molecular flexibility index (Phi) is 4.60. The number of nitrogens with two attached hydrogens (primary N) is 1. The summed E-state index contributed by atoms with van der Waals surface area (Å²) in [4.78, 5) is 2.33. The second kappa shape index (κ2) is 6.82. The first-order valence-electron chi connectivity index (χ1n) is 8.12. The molecule has 1 heterocycles. The molecule has 0 aliphatic carbocycles. The van der Waals surface area contributed by atoms with Gasteiger partial charge >= 0.3 is 0 Å². The summed E-state index contributed by atoms with van der Waals surface area (Å²) in [5.74, 6) is 1.85. The fourth-order valence-corrected chi connectivity index (χ4v) is 2.91. The van der Waals surface area contributed by atoms with Crippen molar-refractivity contribution in [3.63, 3.8) is 0 Å². The molecular formula is C19H24N2O2. The van der Waals surface area contributed by atoms with Crippen LogP contribution in [-0.4, -0.2) is 25.8 Å². The molecule has 1 aliphatic rings. The molecule has 0 fully saturated rings. The predicted octanol–water partition coefficient (Wildman–Crippen LogP) is 3.63. The maximum Gasteiger partial charge on any atom is 0.143 e. The van der Waals surface area contributed by atoms with Gasteiger partial charge < -0.3 is 20.1 Å². The molecule has 0 amide bonds. The van der Waals surface area contributed by atoms with Crippen molar-refractivity contribution >= 4 is 11.4 Å². The molecule has 4 heteroatoms. The van der Waals surface area contributed by atoms with Crippen molar-refractivity contribution in [1.82, 2.24) is 0 Å². The van der Waals surface area contributed by atoms with E-state index in [1.165, 1.54) is 5.56 Å². The molecule has 0 aromatic heterocycles. The molecule has 3 rings (SSSR count). The maximum atomic E-state index is 5.92. The average molecular weight is 312 g/mol. The van der Waals surface area contributed by atoms with Crippen molar-refractivity contribution in [3.8, 4) is 11.5 Å². The fourth-order valence-electron chi connectivity index (χ4n) is 2.91. The van der Waals surface area contributed by atoms with Gasteiger partial charge in [0.15, 0.2) is 0 Å². The summed E-state index contributed by atoms with van der Waals surface area (Å²) in [7, 11) is 0. The molecule has 122 valence electrons. The van der Waals surface area contributed by atoms with Crippen LogP contribution in [0.2, 0.25) is 0 Å². The Bertz CT molecular complexity index is 672. The van der Waals surface area contributed by atoms with E-state index in [4.69, 9.17) is 15.2 Å². The van der Waals surface area contributed by atoms with Gasteiger partial charge in [-0.1, -0.05) is 12.1 Å². The standard InChI is InChI=1S/C19H24N2O2/c1-14-5-3-6-17(11-14)22-10-4-9-21-13-15(2)23-19-8-7-16(20)12-18(19)21/h3,5-8,11-12,15H,4,9-10,13,20H2,1-2H3. The third kappa shape index (κ3) is 3.89. The van der Waals surface area contributed by atoms with Gasteiger partial charge in [0.2, 0.25) is 0 Å². The number of anilines is 2. The highest BCUT2D eigenvalue weighted by Crippen LogP contribution is 2.35. The van der Waals surface area contributed by atoms with Crippen LogP contribution in [0.5, 0.6) is 11.5 Å². The minimum absolute atomic E-state index is 0.184. The number of hydrogen-bond donors (Lipinski definition) is 1. The summed E-state index contributed by atoms with van der Waals surface area (Å²) in [6, 6.07) is 14.0. The zero-order valence-electron chi connectivity index (χ0n) is 13.8. The van der Waals surface area contributed by atoms with Gasteiger partial charge in [0.25, 0.3) is 0 Å². The molecule has 4 nitrogen and oxygen atoms in total. The summed E-state index contributed by atoms with van der Waals surface area (Å²) in [6.07, 6.45) is 1.14. The van der Waals surface area contributed by atoms with Crippen molar-refractivity contribution < 1.29 is 9.47 Å². The van der Waals surface area contributed by atoms with Gasteiger partial charge in [0.05, 0.1) is 18.8 Å². The van der Waals surface area contributed by atoms with E-state index in [2.05, 4.69) is 30.9 Å². The molecule has 0 spiro atoms. The van der Waals surface area contributed by atoms with Crippen molar-refractivity contribution in [2.24, 2.45) is 0 Å². The van der Waals surface area contributed by atoms with Crippen LogP contribution < -0.4 is 20.1 Å². The van der Waals surface area contributed by atoms with Gasteiger partial charge in [0, 0.05) is 12.2 Å². The Morgan fingerprint density at radius 1 is 1.26 bits per heavy atom. The summed E-state index contributed by atoms with van der Waals surface area (Å²) in [5, 5.41) is 0. The van der Waals surface area contributed by atoms with Crippen LogP contribution in [-0.2, 0) is 0 Å². The van der Waals surface area contributed by atoms with Crippen molar-refractivity contribution in [2.75, 3.05) is 30.3 Å². The van der Waals surface area contributed by atoms with Crippen LogP contribution in [0.25, 0.3) is 0 Å². The Hall–Kier alpha value is -2.36. The number of fused-ring (bicyclic) bond motifs is 1. The number of hydrogen-bond acceptors (Lipinski definition) is 4. The minimum Gasteiger partial charge on any atom is -0.494 e. The lowest BCUT2D eigenvalue weighted by Gasteiger charge is -2.35. The number of rotatable bonds is 5. The second-order valence-electron chi connectivity index (χ2n) is 6.12. The van der Waals surface area contributed by atoms with Gasteiger partial charge in [-0.15, -0.1) is 0 Å². The Balaban J connectivity index is 1.57. The zero-order valence-corrected chi connectivity index (χ0v) is 13.8. The molecule has 2 aromatic carbocycles. The Labute approximate surface area is 137 Å². The second-order valence-corrected chi connectivity index (χ2v) is 6.12. The van der Waals surface area contributed by atoms with Crippen LogP contribution in [0.4, 0.5) is 11.4 Å². The van der Waals surface area contributed by atoms with Crippen molar-refractivity contribution in [2.45, 2.75) is 26.4 Å². The lowest BCUT2D eigenvalue weighted by Crippen LogP contribution is -2.39. The molecule has 1 unspecified atom stereocenters. The number of ether oxygens (including phenoxy) is 2. The fraction of sp³-hybridized carbons (Fsp3) is 0.368. The lowest BCUT2D eigenvalue weighted by atomic mass is 10.1. The van der Waals surface area contributed by atoms with E-state index in [0.717, 1.165) is 42.4 Å². The summed E-state index contributed by atoms with van der Waals surface area (Å²) >= 11 is 0. The van der Waals surface area contributed by atoms with E-state index < -0.39 is 0 Å². The third-order valence-electron chi connectivity index (χ3n) is 3.96. The summed E-state index contributed by atoms with van der Waals surface area (Å²) < 4.78 is 11.7. The highest BCUT2D eigenvalue weighted by atomic mass is 16.5.